The zero-order valence-electron chi connectivity index (χ0n) is 10.3. The van der Waals surface area contributed by atoms with Gasteiger partial charge in [0.1, 0.15) is 5.76 Å². The van der Waals surface area contributed by atoms with Gasteiger partial charge in [-0.2, -0.15) is 0 Å². The maximum Gasteiger partial charge on any atom is 0.198 e. The van der Waals surface area contributed by atoms with Crippen LogP contribution in [0.2, 0.25) is 0 Å². The van der Waals surface area contributed by atoms with E-state index in [0.717, 1.165) is 32.3 Å². The Morgan fingerprint density at radius 2 is 2.16 bits per heavy atom. The second kappa shape index (κ2) is 4.94. The summed E-state index contributed by atoms with van der Waals surface area (Å²) in [7, 11) is 0. The van der Waals surface area contributed by atoms with Crippen LogP contribution in [0.1, 0.15) is 28.6 Å². The van der Waals surface area contributed by atoms with E-state index in [-0.39, 0.29) is 5.78 Å². The van der Waals surface area contributed by atoms with Gasteiger partial charge in [0.05, 0.1) is 11.8 Å². The normalized spacial score (nSPS) is 11.1. The molecule has 0 aliphatic rings. The van der Waals surface area contributed by atoms with Gasteiger partial charge in [0.25, 0.3) is 0 Å². The summed E-state index contributed by atoms with van der Waals surface area (Å²) in [5, 5.41) is 2.91. The van der Waals surface area contributed by atoms with Crippen LogP contribution in [-0.2, 0) is 6.42 Å². The Kier molecular flexibility index (Phi) is 3.29. The first-order valence-electron chi connectivity index (χ1n) is 5.99. The number of hydrogen-bond donors (Lipinski definition) is 0. The number of aryl methyl sites for hydroxylation is 1. The average molecular weight is 335 g/mol. The van der Waals surface area contributed by atoms with Gasteiger partial charge in [0, 0.05) is 31.9 Å². The highest BCUT2D eigenvalue weighted by Gasteiger charge is 2.19. The van der Waals surface area contributed by atoms with Crippen LogP contribution < -0.4 is 0 Å². The van der Waals surface area contributed by atoms with Crippen LogP contribution in [0.3, 0.4) is 0 Å². The highest BCUT2D eigenvalue weighted by molar-refractivity contribution is 9.10. The molecule has 0 radical (unpaired) electrons. The zero-order valence-corrected chi connectivity index (χ0v) is 12.7. The molecule has 96 valence electrons. The molecule has 2 heterocycles. The molecule has 3 rings (SSSR count). The molecule has 0 atom stereocenters. The van der Waals surface area contributed by atoms with Gasteiger partial charge in [-0.3, -0.25) is 4.79 Å². The average Bonchev–Trinajstić information content (AvgIpc) is 3.05. The fraction of sp³-hybridized carbons (Fsp3) is 0.133. The number of benzene rings is 1. The number of carbonyl (C=O) groups excluding carboxylic acids is 1. The van der Waals surface area contributed by atoms with Crippen molar-refractivity contribution in [3.05, 3.63) is 57.3 Å². The molecule has 2 nitrogen and oxygen atoms in total. The fourth-order valence-corrected chi connectivity index (χ4v) is 3.76. The number of halogens is 1. The van der Waals surface area contributed by atoms with Gasteiger partial charge in [-0.1, -0.05) is 19.1 Å². The maximum absolute atomic E-state index is 12.6. The topological polar surface area (TPSA) is 30.2 Å². The van der Waals surface area contributed by atoms with E-state index in [1.165, 1.54) is 0 Å². The zero-order chi connectivity index (χ0) is 13.4. The minimum absolute atomic E-state index is 0.0370. The smallest absolute Gasteiger partial charge is 0.198 e. The van der Waals surface area contributed by atoms with Crippen LogP contribution in [0, 0.1) is 0 Å². The fourth-order valence-electron chi connectivity index (χ4n) is 2.16. The Morgan fingerprint density at radius 3 is 2.95 bits per heavy atom. The Balaban J connectivity index is 2.15. The molecule has 0 aliphatic heterocycles. The lowest BCUT2D eigenvalue weighted by Gasteiger charge is -2.00. The molecule has 0 unspecified atom stereocenters. The number of thiophene rings is 1. The third-order valence-corrected chi connectivity index (χ3v) is 5.06. The third kappa shape index (κ3) is 2.05. The van der Waals surface area contributed by atoms with Gasteiger partial charge in [0.15, 0.2) is 5.78 Å². The summed E-state index contributed by atoms with van der Waals surface area (Å²) in [4.78, 5) is 12.6. The van der Waals surface area contributed by atoms with Crippen LogP contribution in [0.5, 0.6) is 0 Å². The first-order chi connectivity index (χ1) is 9.22. The highest BCUT2D eigenvalue weighted by Crippen LogP contribution is 2.33. The molecule has 0 amide bonds. The summed E-state index contributed by atoms with van der Waals surface area (Å²) in [6.45, 7) is 1.98. The number of rotatable bonds is 3. The number of fused-ring (bicyclic) bond motifs is 1. The molecule has 0 saturated heterocycles. The predicted octanol–water partition coefficient (Wildman–Crippen LogP) is 5.05. The van der Waals surface area contributed by atoms with Crippen LogP contribution in [0.15, 0.2) is 44.8 Å². The van der Waals surface area contributed by atoms with Gasteiger partial charge in [0.2, 0.25) is 0 Å². The predicted molar refractivity (Wildman–Crippen MR) is 81.0 cm³/mol. The van der Waals surface area contributed by atoms with Crippen LogP contribution in [-0.4, -0.2) is 5.78 Å². The monoisotopic (exact) mass is 334 g/mol. The number of ketones is 1. The summed E-state index contributed by atoms with van der Waals surface area (Å²) in [6.07, 6.45) is 2.30. The molecule has 3 aromatic rings. The molecule has 0 fully saturated rings. The van der Waals surface area contributed by atoms with E-state index in [0.29, 0.717) is 5.56 Å². The lowest BCUT2D eigenvalue weighted by Crippen LogP contribution is -2.01. The van der Waals surface area contributed by atoms with Crippen molar-refractivity contribution in [2.75, 3.05) is 0 Å². The van der Waals surface area contributed by atoms with E-state index in [9.17, 15) is 4.79 Å². The van der Waals surface area contributed by atoms with Crippen LogP contribution >= 0.6 is 27.3 Å². The molecule has 19 heavy (non-hydrogen) atoms. The summed E-state index contributed by atoms with van der Waals surface area (Å²) < 4.78 is 7.47. The summed E-state index contributed by atoms with van der Waals surface area (Å²) >= 11 is 5.10. The van der Waals surface area contributed by atoms with E-state index in [2.05, 4.69) is 15.9 Å². The minimum Gasteiger partial charge on any atom is -0.469 e. The summed E-state index contributed by atoms with van der Waals surface area (Å²) in [5.41, 5.74) is 1.42. The Hall–Kier alpha value is -1.39. The molecule has 0 spiro atoms. The highest BCUT2D eigenvalue weighted by atomic mass is 79.9. The van der Waals surface area contributed by atoms with E-state index >= 15 is 0 Å². The van der Waals surface area contributed by atoms with Crippen molar-refractivity contribution < 1.29 is 9.21 Å². The molecule has 0 N–H and O–H groups in total. The standard InChI is InChI=1S/C15H11BrO2S/c1-2-13-10(6-7-18-13)14(17)11-8-19-15-9(11)4-3-5-12(15)16/h3-8H,2H2,1H3. The van der Waals surface area contributed by atoms with Gasteiger partial charge >= 0.3 is 0 Å². The molecule has 0 saturated carbocycles. The van der Waals surface area contributed by atoms with Crippen molar-refractivity contribution in [3.8, 4) is 0 Å². The second-order valence-corrected chi connectivity index (χ2v) is 5.94. The minimum atomic E-state index is 0.0370. The second-order valence-electron chi connectivity index (χ2n) is 4.21. The van der Waals surface area contributed by atoms with E-state index in [1.54, 1.807) is 23.7 Å². The van der Waals surface area contributed by atoms with Crippen molar-refractivity contribution in [1.82, 2.24) is 0 Å². The van der Waals surface area contributed by atoms with Gasteiger partial charge in [-0.15, -0.1) is 11.3 Å². The lowest BCUT2D eigenvalue weighted by atomic mass is 10.0. The van der Waals surface area contributed by atoms with Crippen molar-refractivity contribution in [2.24, 2.45) is 0 Å². The largest absolute Gasteiger partial charge is 0.469 e. The lowest BCUT2D eigenvalue weighted by molar-refractivity contribution is 0.103. The van der Waals surface area contributed by atoms with Crippen molar-refractivity contribution in [2.45, 2.75) is 13.3 Å². The van der Waals surface area contributed by atoms with Gasteiger partial charge in [-0.25, -0.2) is 0 Å². The van der Waals surface area contributed by atoms with Crippen LogP contribution in [0.25, 0.3) is 10.1 Å². The molecular weight excluding hydrogens is 324 g/mol. The van der Waals surface area contributed by atoms with E-state index < -0.39 is 0 Å². The summed E-state index contributed by atoms with van der Waals surface area (Å²) in [6, 6.07) is 7.67. The van der Waals surface area contributed by atoms with Crippen molar-refractivity contribution in [1.29, 1.82) is 0 Å². The molecule has 4 heteroatoms. The molecule has 2 aromatic heterocycles. The molecule has 1 aromatic carbocycles. The first-order valence-corrected chi connectivity index (χ1v) is 7.66. The molecule has 0 aliphatic carbocycles. The molecular formula is C15H11BrO2S. The Labute approximate surface area is 123 Å². The Morgan fingerprint density at radius 1 is 1.32 bits per heavy atom. The SMILES string of the molecule is CCc1occc1C(=O)c1csc2c(Br)cccc12. The van der Waals surface area contributed by atoms with Gasteiger partial charge in [-0.05, 0) is 28.1 Å². The quantitative estimate of drug-likeness (QED) is 0.627. The summed E-state index contributed by atoms with van der Waals surface area (Å²) in [5.74, 6) is 0.786. The Bertz CT molecular complexity index is 754. The van der Waals surface area contributed by atoms with Crippen molar-refractivity contribution >= 4 is 43.1 Å². The van der Waals surface area contributed by atoms with Crippen LogP contribution in [0.4, 0.5) is 0 Å². The number of hydrogen-bond acceptors (Lipinski definition) is 3. The van der Waals surface area contributed by atoms with Gasteiger partial charge < -0.3 is 4.42 Å². The maximum atomic E-state index is 12.6. The third-order valence-electron chi connectivity index (χ3n) is 3.11. The number of carbonyl (C=O) groups is 1. The van der Waals surface area contributed by atoms with E-state index in [4.69, 9.17) is 4.42 Å². The van der Waals surface area contributed by atoms with E-state index in [1.807, 2.05) is 30.5 Å². The van der Waals surface area contributed by atoms with Crippen molar-refractivity contribution in [3.63, 3.8) is 0 Å². The first kappa shape index (κ1) is 12.6. The number of furan rings is 1. The molecule has 0 bridgehead atoms.